The maximum absolute atomic E-state index is 13.2. The van der Waals surface area contributed by atoms with E-state index < -0.39 is 0 Å². The Hall–Kier alpha value is -4.40. The first-order valence-electron chi connectivity index (χ1n) is 10.5. The maximum Gasteiger partial charge on any atom is 0.258 e. The third-order valence-corrected chi connectivity index (χ3v) is 5.23. The lowest BCUT2D eigenvalue weighted by Gasteiger charge is -2.08. The topological polar surface area (TPSA) is 90.5 Å². The van der Waals surface area contributed by atoms with Crippen molar-refractivity contribution in [3.63, 3.8) is 0 Å². The molecule has 1 N–H and O–H groups in total. The van der Waals surface area contributed by atoms with Crippen LogP contribution in [0.4, 0.5) is 10.3 Å². The van der Waals surface area contributed by atoms with Crippen LogP contribution in [0.2, 0.25) is 0 Å². The molecule has 0 aliphatic rings. The van der Waals surface area contributed by atoms with Crippen molar-refractivity contribution in [1.82, 2.24) is 29.5 Å². The van der Waals surface area contributed by atoms with E-state index in [0.717, 1.165) is 23.1 Å². The number of aryl methyl sites for hydroxylation is 1. The Bertz CT molecular complexity index is 1440. The molecule has 2 aromatic carbocycles. The number of rotatable bonds is 6. The van der Waals surface area contributed by atoms with E-state index in [1.54, 1.807) is 29.1 Å². The van der Waals surface area contributed by atoms with Crippen LogP contribution in [-0.4, -0.2) is 35.4 Å². The molecule has 0 aliphatic carbocycles. The summed E-state index contributed by atoms with van der Waals surface area (Å²) in [5, 5.41) is 12.1. The maximum atomic E-state index is 13.2. The summed E-state index contributed by atoms with van der Waals surface area (Å²) >= 11 is 0. The van der Waals surface area contributed by atoms with Gasteiger partial charge in [0.1, 0.15) is 12.1 Å². The molecule has 0 spiro atoms. The van der Waals surface area contributed by atoms with E-state index in [0.29, 0.717) is 23.3 Å². The highest BCUT2D eigenvalue weighted by atomic mass is 19.1. The SMILES string of the molecule is CCn1cc(-c2cc(C(=O)Nc3ncn(Cc4ccc(F)cc4)n3)c3ccccc3n2)cn1. The Balaban J connectivity index is 1.42. The van der Waals surface area contributed by atoms with Gasteiger partial charge in [0.05, 0.1) is 29.5 Å². The fourth-order valence-corrected chi connectivity index (χ4v) is 3.55. The Kier molecular flexibility index (Phi) is 5.35. The Morgan fingerprint density at radius 1 is 1.09 bits per heavy atom. The second-order valence-corrected chi connectivity index (χ2v) is 7.50. The molecule has 3 heterocycles. The average Bonchev–Trinajstić information content (AvgIpc) is 3.49. The van der Waals surface area contributed by atoms with Crippen molar-refractivity contribution < 1.29 is 9.18 Å². The number of benzene rings is 2. The second kappa shape index (κ2) is 8.62. The number of pyridine rings is 1. The van der Waals surface area contributed by atoms with Crippen molar-refractivity contribution in [1.29, 1.82) is 0 Å². The molecule has 5 aromatic rings. The minimum atomic E-state index is -0.336. The number of fused-ring (bicyclic) bond motifs is 1. The van der Waals surface area contributed by atoms with Gasteiger partial charge in [0.2, 0.25) is 5.95 Å². The molecule has 0 aliphatic heterocycles. The first kappa shape index (κ1) is 20.5. The molecule has 5 rings (SSSR count). The molecule has 3 aromatic heterocycles. The van der Waals surface area contributed by atoms with E-state index in [4.69, 9.17) is 4.98 Å². The predicted molar refractivity (Wildman–Crippen MR) is 122 cm³/mol. The summed E-state index contributed by atoms with van der Waals surface area (Å²) in [6.07, 6.45) is 5.16. The van der Waals surface area contributed by atoms with E-state index in [9.17, 15) is 9.18 Å². The third kappa shape index (κ3) is 4.33. The Morgan fingerprint density at radius 3 is 2.70 bits per heavy atom. The monoisotopic (exact) mass is 441 g/mol. The summed E-state index contributed by atoms with van der Waals surface area (Å²) in [6, 6.07) is 15.4. The summed E-state index contributed by atoms with van der Waals surface area (Å²) in [5.41, 5.74) is 3.54. The van der Waals surface area contributed by atoms with Gasteiger partial charge in [0.25, 0.3) is 5.91 Å². The van der Waals surface area contributed by atoms with Gasteiger partial charge in [-0.2, -0.15) is 5.10 Å². The number of halogens is 1. The zero-order chi connectivity index (χ0) is 22.8. The number of nitrogens with zero attached hydrogens (tertiary/aromatic N) is 6. The molecule has 0 saturated heterocycles. The standard InChI is InChI=1S/C24H20FN7O/c1-2-31-14-17(12-27-31)22-11-20(19-5-3-4-6-21(19)28-22)23(33)29-24-26-15-32(30-24)13-16-7-9-18(25)10-8-16/h3-12,14-15H,2,13H2,1H3,(H,29,30,33). The van der Waals surface area contributed by atoms with Gasteiger partial charge in [0.15, 0.2) is 0 Å². The van der Waals surface area contributed by atoms with Crippen LogP contribution < -0.4 is 5.32 Å². The van der Waals surface area contributed by atoms with E-state index >= 15 is 0 Å². The number of nitrogens with one attached hydrogen (secondary N) is 1. The quantitative estimate of drug-likeness (QED) is 0.428. The van der Waals surface area contributed by atoms with Gasteiger partial charge in [-0.1, -0.05) is 30.3 Å². The summed E-state index contributed by atoms with van der Waals surface area (Å²) in [5.74, 6) is -0.447. The van der Waals surface area contributed by atoms with Crippen LogP contribution in [0, 0.1) is 5.82 Å². The molecule has 0 fully saturated rings. The predicted octanol–water partition coefficient (Wildman–Crippen LogP) is 4.15. The number of hydrogen-bond acceptors (Lipinski definition) is 5. The lowest BCUT2D eigenvalue weighted by Crippen LogP contribution is -2.14. The van der Waals surface area contributed by atoms with E-state index in [2.05, 4.69) is 20.5 Å². The number of aromatic nitrogens is 6. The van der Waals surface area contributed by atoms with Gasteiger partial charge in [-0.15, -0.1) is 5.10 Å². The number of para-hydroxylation sites is 1. The molecule has 9 heteroatoms. The summed E-state index contributed by atoms with van der Waals surface area (Å²) < 4.78 is 16.5. The molecule has 0 atom stereocenters. The van der Waals surface area contributed by atoms with Gasteiger partial charge in [-0.3, -0.25) is 14.8 Å². The summed E-state index contributed by atoms with van der Waals surface area (Å²) in [4.78, 5) is 22.1. The molecular weight excluding hydrogens is 421 g/mol. The number of carbonyl (C=O) groups is 1. The Morgan fingerprint density at radius 2 is 1.91 bits per heavy atom. The van der Waals surface area contributed by atoms with Crippen molar-refractivity contribution in [3.8, 4) is 11.3 Å². The lowest BCUT2D eigenvalue weighted by molar-refractivity contribution is 0.102. The number of carbonyl (C=O) groups excluding carboxylic acids is 1. The van der Waals surface area contributed by atoms with Crippen molar-refractivity contribution in [2.75, 3.05) is 5.32 Å². The van der Waals surface area contributed by atoms with Gasteiger partial charge in [-0.25, -0.2) is 19.0 Å². The van der Waals surface area contributed by atoms with Gasteiger partial charge >= 0.3 is 0 Å². The highest BCUT2D eigenvalue weighted by Crippen LogP contribution is 2.25. The molecule has 0 radical (unpaired) electrons. The highest BCUT2D eigenvalue weighted by molar-refractivity contribution is 6.12. The van der Waals surface area contributed by atoms with Crippen molar-refractivity contribution in [3.05, 3.63) is 90.3 Å². The molecule has 0 saturated carbocycles. The van der Waals surface area contributed by atoms with Crippen molar-refractivity contribution >= 4 is 22.8 Å². The molecule has 0 unspecified atom stereocenters. The van der Waals surface area contributed by atoms with Crippen LogP contribution in [0.5, 0.6) is 0 Å². The lowest BCUT2D eigenvalue weighted by atomic mass is 10.1. The van der Waals surface area contributed by atoms with Gasteiger partial charge < -0.3 is 0 Å². The van der Waals surface area contributed by atoms with E-state index in [1.165, 1.54) is 18.5 Å². The van der Waals surface area contributed by atoms with Crippen molar-refractivity contribution in [2.45, 2.75) is 20.0 Å². The molecule has 0 bridgehead atoms. The average molecular weight is 441 g/mol. The minimum absolute atomic E-state index is 0.184. The van der Waals surface area contributed by atoms with Crippen LogP contribution in [-0.2, 0) is 13.1 Å². The molecule has 8 nitrogen and oxygen atoms in total. The summed E-state index contributed by atoms with van der Waals surface area (Å²) in [6.45, 7) is 3.16. The van der Waals surface area contributed by atoms with Crippen LogP contribution >= 0.6 is 0 Å². The minimum Gasteiger partial charge on any atom is -0.289 e. The van der Waals surface area contributed by atoms with Gasteiger partial charge in [-0.05, 0) is 36.8 Å². The smallest absolute Gasteiger partial charge is 0.258 e. The van der Waals surface area contributed by atoms with E-state index in [-0.39, 0.29) is 17.7 Å². The largest absolute Gasteiger partial charge is 0.289 e. The fraction of sp³-hybridized carbons (Fsp3) is 0.125. The normalized spacial score (nSPS) is 11.1. The second-order valence-electron chi connectivity index (χ2n) is 7.50. The zero-order valence-electron chi connectivity index (χ0n) is 17.8. The highest BCUT2D eigenvalue weighted by Gasteiger charge is 2.16. The molecule has 164 valence electrons. The first-order chi connectivity index (χ1) is 16.1. The molecule has 1 amide bonds. The number of hydrogen-bond donors (Lipinski definition) is 1. The summed E-state index contributed by atoms with van der Waals surface area (Å²) in [7, 11) is 0. The van der Waals surface area contributed by atoms with Crippen LogP contribution in [0.1, 0.15) is 22.8 Å². The zero-order valence-corrected chi connectivity index (χ0v) is 17.8. The van der Waals surface area contributed by atoms with E-state index in [1.807, 2.05) is 42.1 Å². The third-order valence-electron chi connectivity index (χ3n) is 5.23. The Labute approximate surface area is 188 Å². The van der Waals surface area contributed by atoms with Crippen LogP contribution in [0.15, 0.2) is 73.3 Å². The van der Waals surface area contributed by atoms with Gasteiger partial charge in [0, 0.05) is 23.7 Å². The first-order valence-corrected chi connectivity index (χ1v) is 10.5. The van der Waals surface area contributed by atoms with Crippen LogP contribution in [0.3, 0.4) is 0 Å². The fourth-order valence-electron chi connectivity index (χ4n) is 3.55. The molecular formula is C24H20FN7O. The van der Waals surface area contributed by atoms with Crippen molar-refractivity contribution in [2.24, 2.45) is 0 Å². The van der Waals surface area contributed by atoms with Crippen LogP contribution in [0.25, 0.3) is 22.2 Å². The number of amides is 1. The number of anilines is 1. The molecule has 33 heavy (non-hydrogen) atoms.